The molecule has 90 valence electrons. The molecule has 3 heteroatoms. The Labute approximate surface area is 97.6 Å². The summed E-state index contributed by atoms with van der Waals surface area (Å²) in [4.78, 5) is 0. The van der Waals surface area contributed by atoms with Gasteiger partial charge in [0.05, 0.1) is 6.04 Å². The van der Waals surface area contributed by atoms with Crippen molar-refractivity contribution >= 4 is 0 Å². The van der Waals surface area contributed by atoms with Crippen molar-refractivity contribution in [3.63, 3.8) is 0 Å². The summed E-state index contributed by atoms with van der Waals surface area (Å²) in [5.41, 5.74) is 9.80. The van der Waals surface area contributed by atoms with E-state index in [9.17, 15) is 0 Å². The molecule has 0 radical (unpaired) electrons. The first-order chi connectivity index (χ1) is 7.58. The number of hydrogen-bond acceptors (Lipinski definition) is 3. The predicted molar refractivity (Wildman–Crippen MR) is 65.4 cm³/mol. The van der Waals surface area contributed by atoms with Crippen LogP contribution < -0.4 is 5.73 Å². The van der Waals surface area contributed by atoms with Crippen LogP contribution in [0, 0.1) is 13.8 Å². The van der Waals surface area contributed by atoms with E-state index in [1.807, 2.05) is 0 Å². The second-order valence-electron chi connectivity index (χ2n) is 4.14. The molecule has 16 heavy (non-hydrogen) atoms. The molecule has 1 atom stereocenters. The minimum atomic E-state index is -0.347. The molecular weight excluding hydrogens is 202 g/mol. The van der Waals surface area contributed by atoms with Crippen LogP contribution in [0.1, 0.15) is 16.7 Å². The highest BCUT2D eigenvalue weighted by molar-refractivity contribution is 5.31. The predicted octanol–water partition coefficient (Wildman–Crippen LogP) is 1.79. The number of hydrogen-bond donors (Lipinski definition) is 1. The molecule has 0 spiro atoms. The monoisotopic (exact) mass is 223 g/mol. The third kappa shape index (κ3) is 3.30. The Bertz CT molecular complexity index is 335. The van der Waals surface area contributed by atoms with Crippen molar-refractivity contribution in [3.8, 4) is 0 Å². The number of rotatable bonds is 5. The third-order valence-electron chi connectivity index (χ3n) is 2.77. The fraction of sp³-hybridized carbons (Fsp3) is 0.538. The van der Waals surface area contributed by atoms with E-state index in [2.05, 4.69) is 32.0 Å². The van der Waals surface area contributed by atoms with Crippen LogP contribution in [0.15, 0.2) is 18.2 Å². The van der Waals surface area contributed by atoms with Gasteiger partial charge >= 0.3 is 0 Å². The molecule has 0 heterocycles. The lowest BCUT2D eigenvalue weighted by Gasteiger charge is -2.21. The van der Waals surface area contributed by atoms with Crippen LogP contribution in [0.5, 0.6) is 0 Å². The largest absolute Gasteiger partial charge is 0.354 e. The number of methoxy groups -OCH3 is 2. The van der Waals surface area contributed by atoms with Gasteiger partial charge in [0.25, 0.3) is 0 Å². The van der Waals surface area contributed by atoms with Gasteiger partial charge in [-0.15, -0.1) is 0 Å². The zero-order chi connectivity index (χ0) is 12.1. The van der Waals surface area contributed by atoms with Crippen LogP contribution >= 0.6 is 0 Å². The zero-order valence-corrected chi connectivity index (χ0v) is 10.5. The topological polar surface area (TPSA) is 44.5 Å². The Balaban J connectivity index is 2.75. The van der Waals surface area contributed by atoms with Gasteiger partial charge in [0, 0.05) is 14.2 Å². The van der Waals surface area contributed by atoms with Crippen LogP contribution in [-0.4, -0.2) is 26.6 Å². The molecule has 0 aliphatic heterocycles. The summed E-state index contributed by atoms with van der Waals surface area (Å²) >= 11 is 0. The number of ether oxygens (including phenoxy) is 2. The zero-order valence-electron chi connectivity index (χ0n) is 10.5. The Hall–Kier alpha value is -0.900. The average molecular weight is 223 g/mol. The molecule has 0 saturated carbocycles. The first-order valence-electron chi connectivity index (χ1n) is 5.45. The van der Waals surface area contributed by atoms with E-state index >= 15 is 0 Å². The number of benzene rings is 1. The van der Waals surface area contributed by atoms with Gasteiger partial charge in [-0.1, -0.05) is 23.8 Å². The molecule has 1 aromatic rings. The lowest BCUT2D eigenvalue weighted by atomic mass is 9.99. The van der Waals surface area contributed by atoms with Crippen LogP contribution in [-0.2, 0) is 15.9 Å². The molecule has 0 fully saturated rings. The van der Waals surface area contributed by atoms with Crippen LogP contribution in [0.3, 0.4) is 0 Å². The Morgan fingerprint density at radius 3 is 2.38 bits per heavy atom. The summed E-state index contributed by atoms with van der Waals surface area (Å²) in [6.45, 7) is 4.18. The van der Waals surface area contributed by atoms with Crippen molar-refractivity contribution in [2.24, 2.45) is 5.73 Å². The van der Waals surface area contributed by atoms with Gasteiger partial charge < -0.3 is 15.2 Å². The average Bonchev–Trinajstić information content (AvgIpc) is 2.25. The Kier molecular flexibility index (Phi) is 4.93. The maximum absolute atomic E-state index is 6.04. The number of aryl methyl sites for hydroxylation is 2. The lowest BCUT2D eigenvalue weighted by Crippen LogP contribution is -2.39. The second-order valence-corrected chi connectivity index (χ2v) is 4.14. The molecule has 0 amide bonds. The molecule has 0 bridgehead atoms. The first kappa shape index (κ1) is 13.2. The van der Waals surface area contributed by atoms with Gasteiger partial charge in [0.2, 0.25) is 0 Å². The van der Waals surface area contributed by atoms with E-state index in [-0.39, 0.29) is 12.3 Å². The van der Waals surface area contributed by atoms with Gasteiger partial charge in [-0.2, -0.15) is 0 Å². The van der Waals surface area contributed by atoms with E-state index in [0.29, 0.717) is 0 Å². The molecule has 0 aliphatic carbocycles. The minimum absolute atomic E-state index is 0.143. The summed E-state index contributed by atoms with van der Waals surface area (Å²) in [7, 11) is 3.22. The first-order valence-corrected chi connectivity index (χ1v) is 5.45. The van der Waals surface area contributed by atoms with Gasteiger partial charge in [0.15, 0.2) is 6.29 Å². The second kappa shape index (κ2) is 5.99. The van der Waals surface area contributed by atoms with Crippen molar-refractivity contribution in [2.45, 2.75) is 32.6 Å². The Morgan fingerprint density at radius 2 is 1.81 bits per heavy atom. The quantitative estimate of drug-likeness (QED) is 0.774. The van der Waals surface area contributed by atoms with E-state index < -0.39 is 0 Å². The van der Waals surface area contributed by atoms with Crippen molar-refractivity contribution < 1.29 is 9.47 Å². The van der Waals surface area contributed by atoms with Gasteiger partial charge in [-0.25, -0.2) is 0 Å². The Morgan fingerprint density at radius 1 is 1.19 bits per heavy atom. The maximum atomic E-state index is 6.04. The minimum Gasteiger partial charge on any atom is -0.354 e. The third-order valence-corrected chi connectivity index (χ3v) is 2.77. The molecule has 0 saturated heterocycles. The molecule has 0 aromatic heterocycles. The molecule has 1 aromatic carbocycles. The van der Waals surface area contributed by atoms with Crippen molar-refractivity contribution in [1.29, 1.82) is 0 Å². The van der Waals surface area contributed by atoms with E-state index in [1.165, 1.54) is 16.7 Å². The summed E-state index contributed by atoms with van der Waals surface area (Å²) < 4.78 is 10.3. The summed E-state index contributed by atoms with van der Waals surface area (Å²) in [5.74, 6) is 0. The highest BCUT2D eigenvalue weighted by Gasteiger charge is 2.17. The number of nitrogens with two attached hydrogens (primary N) is 1. The van der Waals surface area contributed by atoms with Crippen LogP contribution in [0.25, 0.3) is 0 Å². The molecule has 0 aliphatic rings. The van der Waals surface area contributed by atoms with Crippen LogP contribution in [0.4, 0.5) is 0 Å². The lowest BCUT2D eigenvalue weighted by molar-refractivity contribution is -0.115. The molecular formula is C13H21NO2. The maximum Gasteiger partial charge on any atom is 0.172 e. The fourth-order valence-corrected chi connectivity index (χ4v) is 1.82. The smallest absolute Gasteiger partial charge is 0.172 e. The fourth-order valence-electron chi connectivity index (χ4n) is 1.82. The van der Waals surface area contributed by atoms with Crippen LogP contribution in [0.2, 0.25) is 0 Å². The molecule has 1 rings (SSSR count). The summed E-state index contributed by atoms with van der Waals surface area (Å²) in [5, 5.41) is 0. The highest BCUT2D eigenvalue weighted by atomic mass is 16.7. The van der Waals surface area contributed by atoms with Crippen molar-refractivity contribution in [1.82, 2.24) is 0 Å². The standard InChI is InChI=1S/C13H21NO2/c1-9-5-6-10(2)11(7-9)8-12(14)13(15-3)16-4/h5-7,12-13H,8,14H2,1-4H3. The van der Waals surface area contributed by atoms with Gasteiger partial charge in [-0.05, 0) is 31.4 Å². The van der Waals surface area contributed by atoms with Gasteiger partial charge in [0.1, 0.15) is 0 Å². The van der Waals surface area contributed by atoms with E-state index in [0.717, 1.165) is 6.42 Å². The molecule has 2 N–H and O–H groups in total. The highest BCUT2D eigenvalue weighted by Crippen LogP contribution is 2.14. The van der Waals surface area contributed by atoms with E-state index in [1.54, 1.807) is 14.2 Å². The summed E-state index contributed by atoms with van der Waals surface area (Å²) in [6.07, 6.45) is 0.416. The summed E-state index contributed by atoms with van der Waals surface area (Å²) in [6, 6.07) is 6.24. The van der Waals surface area contributed by atoms with E-state index in [4.69, 9.17) is 15.2 Å². The van der Waals surface area contributed by atoms with Gasteiger partial charge in [-0.3, -0.25) is 0 Å². The SMILES string of the molecule is COC(OC)C(N)Cc1cc(C)ccc1C. The van der Waals surface area contributed by atoms with Crippen molar-refractivity contribution in [2.75, 3.05) is 14.2 Å². The van der Waals surface area contributed by atoms with Crippen molar-refractivity contribution in [3.05, 3.63) is 34.9 Å². The molecule has 3 nitrogen and oxygen atoms in total. The molecule has 1 unspecified atom stereocenters. The normalized spacial score (nSPS) is 13.1.